The van der Waals surface area contributed by atoms with Gasteiger partial charge < -0.3 is 16.0 Å². The molecule has 0 unspecified atom stereocenters. The molecule has 0 radical (unpaired) electrons. The fraction of sp³-hybridized carbons (Fsp3) is 0.188. The lowest BCUT2D eigenvalue weighted by Gasteiger charge is -2.13. The third-order valence-electron chi connectivity index (χ3n) is 3.14. The average Bonchev–Trinajstić information content (AvgIpc) is 2.45. The van der Waals surface area contributed by atoms with Gasteiger partial charge in [0.1, 0.15) is 5.82 Å². The number of anilines is 2. The molecule has 0 heterocycles. The Morgan fingerprint density at radius 1 is 1.19 bits per heavy atom. The van der Waals surface area contributed by atoms with Gasteiger partial charge in [-0.25, -0.2) is 4.39 Å². The summed E-state index contributed by atoms with van der Waals surface area (Å²) in [5.41, 5.74) is 7.77. The molecule has 0 aliphatic carbocycles. The van der Waals surface area contributed by atoms with Crippen LogP contribution in [-0.4, -0.2) is 20.0 Å². The molecular formula is C16H18FN3O. The van der Waals surface area contributed by atoms with Gasteiger partial charge >= 0.3 is 0 Å². The predicted molar refractivity (Wildman–Crippen MR) is 82.8 cm³/mol. The van der Waals surface area contributed by atoms with Gasteiger partial charge in [0, 0.05) is 32.0 Å². The van der Waals surface area contributed by atoms with Crippen LogP contribution in [0.25, 0.3) is 0 Å². The van der Waals surface area contributed by atoms with Crippen LogP contribution in [0, 0.1) is 5.82 Å². The fourth-order valence-corrected chi connectivity index (χ4v) is 1.91. The van der Waals surface area contributed by atoms with E-state index in [4.69, 9.17) is 5.73 Å². The Labute approximate surface area is 123 Å². The molecule has 3 N–H and O–H groups in total. The molecule has 0 spiro atoms. The van der Waals surface area contributed by atoms with Crippen molar-refractivity contribution in [1.29, 1.82) is 0 Å². The number of nitrogens with one attached hydrogen (secondary N) is 1. The Morgan fingerprint density at radius 3 is 2.43 bits per heavy atom. The largest absolute Gasteiger partial charge is 0.399 e. The number of nitrogens with zero attached hydrogens (tertiary/aromatic N) is 1. The lowest BCUT2D eigenvalue weighted by Crippen LogP contribution is -2.23. The zero-order valence-electron chi connectivity index (χ0n) is 12.1. The highest BCUT2D eigenvalue weighted by Crippen LogP contribution is 2.14. The molecule has 0 aromatic heterocycles. The molecule has 110 valence electrons. The summed E-state index contributed by atoms with van der Waals surface area (Å²) < 4.78 is 13.6. The van der Waals surface area contributed by atoms with E-state index in [1.165, 1.54) is 12.1 Å². The SMILES string of the molecule is CN(C)c1ccc(CNC(=O)c2ccc(N)cc2F)cc1. The first-order valence-electron chi connectivity index (χ1n) is 6.57. The standard InChI is InChI=1S/C16H18FN3O/c1-20(2)13-6-3-11(4-7-13)10-19-16(21)14-8-5-12(18)9-15(14)17/h3-9H,10,18H2,1-2H3,(H,19,21). The van der Waals surface area contributed by atoms with E-state index in [1.54, 1.807) is 0 Å². The third kappa shape index (κ3) is 3.72. The molecule has 0 saturated heterocycles. The minimum Gasteiger partial charge on any atom is -0.399 e. The monoisotopic (exact) mass is 287 g/mol. The van der Waals surface area contributed by atoms with Crippen LogP contribution in [0.15, 0.2) is 42.5 Å². The number of halogens is 1. The fourth-order valence-electron chi connectivity index (χ4n) is 1.91. The molecule has 2 aromatic rings. The summed E-state index contributed by atoms with van der Waals surface area (Å²) in [4.78, 5) is 13.9. The molecule has 2 aromatic carbocycles. The summed E-state index contributed by atoms with van der Waals surface area (Å²) >= 11 is 0. The van der Waals surface area contributed by atoms with E-state index in [-0.39, 0.29) is 5.56 Å². The van der Waals surface area contributed by atoms with Crippen LogP contribution in [0.5, 0.6) is 0 Å². The van der Waals surface area contributed by atoms with Gasteiger partial charge in [-0.2, -0.15) is 0 Å². The van der Waals surface area contributed by atoms with Crippen molar-refractivity contribution >= 4 is 17.3 Å². The zero-order chi connectivity index (χ0) is 15.4. The van der Waals surface area contributed by atoms with Crippen LogP contribution in [0.4, 0.5) is 15.8 Å². The summed E-state index contributed by atoms with van der Waals surface area (Å²) in [6, 6.07) is 11.8. The normalized spacial score (nSPS) is 10.2. The van der Waals surface area contributed by atoms with E-state index in [9.17, 15) is 9.18 Å². The minimum absolute atomic E-state index is 0.00545. The number of amides is 1. The maximum Gasteiger partial charge on any atom is 0.254 e. The van der Waals surface area contributed by atoms with Crippen molar-refractivity contribution in [3.05, 3.63) is 59.4 Å². The molecule has 0 bridgehead atoms. The molecule has 0 aliphatic heterocycles. The van der Waals surface area contributed by atoms with Gasteiger partial charge in [-0.15, -0.1) is 0 Å². The van der Waals surface area contributed by atoms with Gasteiger partial charge in [-0.1, -0.05) is 12.1 Å². The van der Waals surface area contributed by atoms with Gasteiger partial charge in [0.2, 0.25) is 0 Å². The Kier molecular flexibility index (Phi) is 4.42. The van der Waals surface area contributed by atoms with Crippen molar-refractivity contribution in [2.75, 3.05) is 24.7 Å². The highest BCUT2D eigenvalue weighted by atomic mass is 19.1. The lowest BCUT2D eigenvalue weighted by molar-refractivity contribution is 0.0947. The highest BCUT2D eigenvalue weighted by Gasteiger charge is 2.11. The molecule has 0 aliphatic rings. The van der Waals surface area contributed by atoms with Crippen molar-refractivity contribution in [3.63, 3.8) is 0 Å². The first-order valence-corrected chi connectivity index (χ1v) is 6.57. The Morgan fingerprint density at radius 2 is 1.86 bits per heavy atom. The number of nitrogen functional groups attached to an aromatic ring is 1. The summed E-state index contributed by atoms with van der Waals surface area (Å²) in [6.07, 6.45) is 0. The molecule has 2 rings (SSSR count). The quantitative estimate of drug-likeness (QED) is 0.849. The second kappa shape index (κ2) is 6.26. The topological polar surface area (TPSA) is 58.4 Å². The van der Waals surface area contributed by atoms with Gasteiger partial charge in [0.15, 0.2) is 0 Å². The summed E-state index contributed by atoms with van der Waals surface area (Å²) in [7, 11) is 3.92. The molecule has 5 heteroatoms. The zero-order valence-corrected chi connectivity index (χ0v) is 12.1. The number of rotatable bonds is 4. The maximum atomic E-state index is 13.6. The molecular weight excluding hydrogens is 269 g/mol. The van der Waals surface area contributed by atoms with Crippen molar-refractivity contribution in [2.24, 2.45) is 0 Å². The molecule has 0 fully saturated rings. The Balaban J connectivity index is 2.00. The number of hydrogen-bond acceptors (Lipinski definition) is 3. The second-order valence-electron chi connectivity index (χ2n) is 4.98. The first-order chi connectivity index (χ1) is 9.97. The third-order valence-corrected chi connectivity index (χ3v) is 3.14. The van der Waals surface area contributed by atoms with Crippen LogP contribution in [0.1, 0.15) is 15.9 Å². The lowest BCUT2D eigenvalue weighted by atomic mass is 10.1. The van der Waals surface area contributed by atoms with Crippen LogP contribution in [0.2, 0.25) is 0 Å². The minimum atomic E-state index is -0.615. The van der Waals surface area contributed by atoms with Crippen molar-refractivity contribution in [1.82, 2.24) is 5.32 Å². The van der Waals surface area contributed by atoms with Crippen molar-refractivity contribution < 1.29 is 9.18 Å². The smallest absolute Gasteiger partial charge is 0.254 e. The Bertz CT molecular complexity index is 638. The maximum absolute atomic E-state index is 13.6. The average molecular weight is 287 g/mol. The van der Waals surface area contributed by atoms with E-state index in [0.29, 0.717) is 12.2 Å². The molecule has 0 atom stereocenters. The molecule has 21 heavy (non-hydrogen) atoms. The molecule has 1 amide bonds. The van der Waals surface area contributed by atoms with E-state index in [1.807, 2.05) is 43.3 Å². The van der Waals surface area contributed by atoms with E-state index in [2.05, 4.69) is 5.32 Å². The van der Waals surface area contributed by atoms with Gasteiger partial charge in [0.05, 0.1) is 5.56 Å². The number of nitrogens with two attached hydrogens (primary N) is 1. The van der Waals surface area contributed by atoms with E-state index >= 15 is 0 Å². The van der Waals surface area contributed by atoms with E-state index < -0.39 is 11.7 Å². The van der Waals surface area contributed by atoms with Crippen LogP contribution < -0.4 is 16.0 Å². The molecule has 4 nitrogen and oxygen atoms in total. The summed E-state index contributed by atoms with van der Waals surface area (Å²) in [5, 5.41) is 2.69. The molecule has 0 saturated carbocycles. The second-order valence-corrected chi connectivity index (χ2v) is 4.98. The van der Waals surface area contributed by atoms with Gasteiger partial charge in [0.25, 0.3) is 5.91 Å². The van der Waals surface area contributed by atoms with Gasteiger partial charge in [-0.05, 0) is 35.9 Å². The Hall–Kier alpha value is -2.56. The number of carbonyl (C=O) groups is 1. The number of benzene rings is 2. The van der Waals surface area contributed by atoms with Crippen LogP contribution in [-0.2, 0) is 6.54 Å². The van der Waals surface area contributed by atoms with Crippen LogP contribution >= 0.6 is 0 Å². The van der Waals surface area contributed by atoms with Crippen molar-refractivity contribution in [2.45, 2.75) is 6.54 Å². The van der Waals surface area contributed by atoms with Gasteiger partial charge in [-0.3, -0.25) is 4.79 Å². The van der Waals surface area contributed by atoms with Crippen molar-refractivity contribution in [3.8, 4) is 0 Å². The first kappa shape index (κ1) is 14.8. The highest BCUT2D eigenvalue weighted by molar-refractivity contribution is 5.94. The van der Waals surface area contributed by atoms with E-state index in [0.717, 1.165) is 17.3 Å². The number of hydrogen-bond donors (Lipinski definition) is 2. The van der Waals surface area contributed by atoms with Crippen LogP contribution in [0.3, 0.4) is 0 Å². The summed E-state index contributed by atoms with van der Waals surface area (Å²) in [5.74, 6) is -1.07. The predicted octanol–water partition coefficient (Wildman–Crippen LogP) is 2.40. The summed E-state index contributed by atoms with van der Waals surface area (Å²) in [6.45, 7) is 0.344. The number of carbonyl (C=O) groups excluding carboxylic acids is 1.